The summed E-state index contributed by atoms with van der Waals surface area (Å²) >= 11 is 0. The smallest absolute Gasteiger partial charge is 0.359 e. The third-order valence-corrected chi connectivity index (χ3v) is 4.68. The van der Waals surface area contributed by atoms with Crippen LogP contribution in [0, 0.1) is 11.8 Å². The van der Waals surface area contributed by atoms with Crippen LogP contribution in [0.25, 0.3) is 0 Å². The van der Waals surface area contributed by atoms with Gasteiger partial charge in [0.25, 0.3) is 0 Å². The summed E-state index contributed by atoms with van der Waals surface area (Å²) in [5.41, 5.74) is -0.0117. The van der Waals surface area contributed by atoms with Crippen LogP contribution in [-0.4, -0.2) is 24.4 Å². The average Bonchev–Trinajstić information content (AvgIpc) is 3.35. The molecule has 3 N–H and O–H groups in total. The first-order valence-corrected chi connectivity index (χ1v) is 8.44. The predicted molar refractivity (Wildman–Crippen MR) is 88.6 cm³/mol. The van der Waals surface area contributed by atoms with E-state index in [0.717, 1.165) is 25.0 Å². The lowest BCUT2D eigenvalue weighted by Gasteiger charge is -2.18. The molecule has 1 heterocycles. The van der Waals surface area contributed by atoms with E-state index in [-0.39, 0.29) is 30.2 Å². The van der Waals surface area contributed by atoms with E-state index < -0.39 is 17.8 Å². The molecule has 2 aliphatic rings. The lowest BCUT2D eigenvalue weighted by atomic mass is 9.93. The van der Waals surface area contributed by atoms with E-state index in [0.29, 0.717) is 17.8 Å². The Labute approximate surface area is 149 Å². The molecule has 1 aliphatic carbocycles. The Kier molecular flexibility index (Phi) is 4.93. The highest BCUT2D eigenvalue weighted by Crippen LogP contribution is 2.39. The third-order valence-electron chi connectivity index (χ3n) is 4.68. The average molecular weight is 367 g/mol. The lowest BCUT2D eigenvalue weighted by Crippen LogP contribution is -2.43. The minimum Gasteiger partial charge on any atom is -0.359 e. The zero-order chi connectivity index (χ0) is 18.9. The molecular formula is C18H20F3N3O2. The van der Waals surface area contributed by atoms with Crippen molar-refractivity contribution in [2.75, 3.05) is 6.54 Å². The highest BCUT2D eigenvalue weighted by Gasteiger charge is 2.37. The Morgan fingerprint density at radius 1 is 1.27 bits per heavy atom. The SMILES string of the molecule is C=C1NC(=O)C(CNC(=O)C(Cc2ccc(C(F)(F)F)cc2)C2CC2)N1. The first kappa shape index (κ1) is 18.3. The molecule has 0 spiro atoms. The first-order valence-electron chi connectivity index (χ1n) is 8.44. The number of rotatable bonds is 6. The molecule has 0 bridgehead atoms. The van der Waals surface area contributed by atoms with Crippen molar-refractivity contribution in [3.63, 3.8) is 0 Å². The van der Waals surface area contributed by atoms with Crippen molar-refractivity contribution in [1.29, 1.82) is 0 Å². The number of hydrogen-bond acceptors (Lipinski definition) is 3. The van der Waals surface area contributed by atoms with Crippen LogP contribution in [0.3, 0.4) is 0 Å². The normalized spacial score (nSPS) is 21.1. The van der Waals surface area contributed by atoms with Crippen molar-refractivity contribution >= 4 is 11.8 Å². The van der Waals surface area contributed by atoms with Crippen molar-refractivity contribution in [2.45, 2.75) is 31.5 Å². The van der Waals surface area contributed by atoms with E-state index in [1.54, 1.807) is 0 Å². The molecule has 0 aromatic heterocycles. The summed E-state index contributed by atoms with van der Waals surface area (Å²) in [6.07, 6.45) is -2.13. The Morgan fingerprint density at radius 3 is 2.42 bits per heavy atom. The van der Waals surface area contributed by atoms with Gasteiger partial charge in [-0.15, -0.1) is 0 Å². The first-order chi connectivity index (χ1) is 12.2. The molecule has 140 valence electrons. The summed E-state index contributed by atoms with van der Waals surface area (Å²) in [5.74, 6) is -0.102. The maximum absolute atomic E-state index is 12.6. The van der Waals surface area contributed by atoms with Crippen molar-refractivity contribution in [2.24, 2.45) is 11.8 Å². The molecule has 3 rings (SSSR count). The summed E-state index contributed by atoms with van der Waals surface area (Å²) in [6.45, 7) is 3.74. The minimum absolute atomic E-state index is 0.139. The molecule has 1 aromatic carbocycles. The standard InChI is InChI=1S/C18H20F3N3O2/c1-10-23-15(17(26)24-10)9-22-16(25)14(12-4-5-12)8-11-2-6-13(7-3-11)18(19,20)21/h2-3,6-7,12,14-15,23H,1,4-5,8-9H2,(H,22,25)(H,24,26). The van der Waals surface area contributed by atoms with Crippen LogP contribution in [0.1, 0.15) is 24.0 Å². The van der Waals surface area contributed by atoms with Crippen LogP contribution in [0.15, 0.2) is 36.7 Å². The third kappa shape index (κ3) is 4.36. The molecule has 0 radical (unpaired) electrons. The number of amides is 2. The van der Waals surface area contributed by atoms with Gasteiger partial charge in [-0.1, -0.05) is 18.7 Å². The Morgan fingerprint density at radius 2 is 1.92 bits per heavy atom. The molecule has 2 amide bonds. The van der Waals surface area contributed by atoms with E-state index in [1.165, 1.54) is 12.1 Å². The van der Waals surface area contributed by atoms with Crippen molar-refractivity contribution < 1.29 is 22.8 Å². The highest BCUT2D eigenvalue weighted by molar-refractivity contribution is 5.87. The molecule has 1 aliphatic heterocycles. The number of halogens is 3. The van der Waals surface area contributed by atoms with Gasteiger partial charge in [0.15, 0.2) is 0 Å². The largest absolute Gasteiger partial charge is 0.416 e. The van der Waals surface area contributed by atoms with Gasteiger partial charge in [0.1, 0.15) is 6.04 Å². The Hall–Kier alpha value is -2.51. The second-order valence-corrected chi connectivity index (χ2v) is 6.75. The number of nitrogens with one attached hydrogen (secondary N) is 3. The van der Waals surface area contributed by atoms with Gasteiger partial charge in [-0.05, 0) is 42.9 Å². The summed E-state index contributed by atoms with van der Waals surface area (Å²) in [5, 5.41) is 8.13. The fourth-order valence-corrected chi connectivity index (χ4v) is 3.08. The fraction of sp³-hybridized carbons (Fsp3) is 0.444. The van der Waals surface area contributed by atoms with Gasteiger partial charge in [0.2, 0.25) is 11.8 Å². The summed E-state index contributed by atoms with van der Waals surface area (Å²) in [7, 11) is 0. The maximum Gasteiger partial charge on any atom is 0.416 e. The molecule has 8 heteroatoms. The molecule has 1 saturated carbocycles. The van der Waals surface area contributed by atoms with Crippen LogP contribution >= 0.6 is 0 Å². The minimum atomic E-state index is -4.37. The number of alkyl halides is 3. The van der Waals surface area contributed by atoms with Gasteiger partial charge < -0.3 is 16.0 Å². The van der Waals surface area contributed by atoms with Crippen molar-refractivity contribution in [3.8, 4) is 0 Å². The van der Waals surface area contributed by atoms with Crippen LogP contribution < -0.4 is 16.0 Å². The van der Waals surface area contributed by atoms with Gasteiger partial charge in [0.05, 0.1) is 11.4 Å². The number of carbonyl (C=O) groups is 2. The number of hydrogen-bond donors (Lipinski definition) is 3. The summed E-state index contributed by atoms with van der Waals surface area (Å²) in [4.78, 5) is 24.2. The Bertz CT molecular complexity index is 711. The Balaban J connectivity index is 1.59. The van der Waals surface area contributed by atoms with Crippen LogP contribution in [-0.2, 0) is 22.2 Å². The van der Waals surface area contributed by atoms with Crippen molar-refractivity contribution in [3.05, 3.63) is 47.8 Å². The van der Waals surface area contributed by atoms with E-state index in [1.807, 2.05) is 0 Å². The van der Waals surface area contributed by atoms with Gasteiger partial charge in [0, 0.05) is 12.5 Å². The molecule has 2 unspecified atom stereocenters. The van der Waals surface area contributed by atoms with Crippen molar-refractivity contribution in [1.82, 2.24) is 16.0 Å². The summed E-state index contributed by atoms with van der Waals surface area (Å²) < 4.78 is 37.9. The molecule has 1 aromatic rings. The number of carbonyl (C=O) groups excluding carboxylic acids is 2. The van der Waals surface area contributed by atoms with Gasteiger partial charge in [-0.3, -0.25) is 9.59 Å². The van der Waals surface area contributed by atoms with E-state index in [9.17, 15) is 22.8 Å². The fourth-order valence-electron chi connectivity index (χ4n) is 3.08. The number of benzene rings is 1. The van der Waals surface area contributed by atoms with E-state index in [4.69, 9.17) is 0 Å². The zero-order valence-corrected chi connectivity index (χ0v) is 14.0. The lowest BCUT2D eigenvalue weighted by molar-refractivity contribution is -0.137. The molecule has 5 nitrogen and oxygen atoms in total. The second-order valence-electron chi connectivity index (χ2n) is 6.75. The van der Waals surface area contributed by atoms with Crippen LogP contribution in [0.2, 0.25) is 0 Å². The summed E-state index contributed by atoms with van der Waals surface area (Å²) in [6, 6.07) is 4.35. The molecular weight excluding hydrogens is 347 g/mol. The van der Waals surface area contributed by atoms with E-state index in [2.05, 4.69) is 22.5 Å². The topological polar surface area (TPSA) is 70.2 Å². The maximum atomic E-state index is 12.6. The molecule has 2 fully saturated rings. The molecule has 26 heavy (non-hydrogen) atoms. The van der Waals surface area contributed by atoms with E-state index >= 15 is 0 Å². The van der Waals surface area contributed by atoms with Crippen LogP contribution in [0.4, 0.5) is 13.2 Å². The monoisotopic (exact) mass is 367 g/mol. The zero-order valence-electron chi connectivity index (χ0n) is 14.0. The molecule has 1 saturated heterocycles. The highest BCUT2D eigenvalue weighted by atomic mass is 19.4. The quantitative estimate of drug-likeness (QED) is 0.720. The van der Waals surface area contributed by atoms with Crippen LogP contribution in [0.5, 0.6) is 0 Å². The van der Waals surface area contributed by atoms with Gasteiger partial charge >= 0.3 is 6.18 Å². The predicted octanol–water partition coefficient (Wildman–Crippen LogP) is 1.95. The van der Waals surface area contributed by atoms with Gasteiger partial charge in [-0.2, -0.15) is 13.2 Å². The van der Waals surface area contributed by atoms with Gasteiger partial charge in [-0.25, -0.2) is 0 Å². The second kappa shape index (κ2) is 7.01. The molecule has 2 atom stereocenters.